The summed E-state index contributed by atoms with van der Waals surface area (Å²) in [6.45, 7) is 1.86. The van der Waals surface area contributed by atoms with E-state index in [-0.39, 0.29) is 23.8 Å². The second-order valence-electron chi connectivity index (χ2n) is 5.30. The Kier molecular flexibility index (Phi) is 2.93. The standard InChI is InChI=1S/C12H17NO4/c1-2-8-3-9-5-12(6-11(14)15,7-13(16)17)10(9)4-8/h4,9-10H,2-3,5-7H2,1H3,(H,14,15)/t9-,10-,12-/m1/s1. The van der Waals surface area contributed by atoms with Gasteiger partial charge in [-0.15, -0.1) is 0 Å². The van der Waals surface area contributed by atoms with Gasteiger partial charge in [0.2, 0.25) is 6.54 Å². The molecule has 0 spiro atoms. The Morgan fingerprint density at radius 3 is 2.94 bits per heavy atom. The highest BCUT2D eigenvalue weighted by atomic mass is 16.6. The first-order valence-electron chi connectivity index (χ1n) is 6.00. The summed E-state index contributed by atoms with van der Waals surface area (Å²) in [5.74, 6) is -0.369. The van der Waals surface area contributed by atoms with E-state index in [4.69, 9.17) is 5.11 Å². The summed E-state index contributed by atoms with van der Waals surface area (Å²) in [5, 5.41) is 19.6. The van der Waals surface area contributed by atoms with Gasteiger partial charge in [-0.2, -0.15) is 0 Å². The maximum Gasteiger partial charge on any atom is 0.304 e. The molecular weight excluding hydrogens is 222 g/mol. The number of rotatable bonds is 5. The van der Waals surface area contributed by atoms with Crippen molar-refractivity contribution in [3.05, 3.63) is 21.8 Å². The smallest absolute Gasteiger partial charge is 0.304 e. The molecule has 0 bridgehead atoms. The molecule has 5 heteroatoms. The van der Waals surface area contributed by atoms with E-state index in [1.54, 1.807) is 0 Å². The minimum Gasteiger partial charge on any atom is -0.481 e. The van der Waals surface area contributed by atoms with E-state index < -0.39 is 11.4 Å². The van der Waals surface area contributed by atoms with Crippen LogP contribution in [0.3, 0.4) is 0 Å². The average molecular weight is 239 g/mol. The monoisotopic (exact) mass is 239 g/mol. The maximum atomic E-state index is 10.9. The molecule has 3 atom stereocenters. The highest BCUT2D eigenvalue weighted by Gasteiger charge is 2.58. The molecule has 0 aromatic carbocycles. The second kappa shape index (κ2) is 4.13. The zero-order valence-corrected chi connectivity index (χ0v) is 9.89. The average Bonchev–Trinajstić information content (AvgIpc) is 2.54. The topological polar surface area (TPSA) is 80.4 Å². The Morgan fingerprint density at radius 1 is 1.71 bits per heavy atom. The van der Waals surface area contributed by atoms with Crippen LogP contribution in [0.15, 0.2) is 11.6 Å². The zero-order chi connectivity index (χ0) is 12.6. The van der Waals surface area contributed by atoms with Gasteiger partial charge in [-0.25, -0.2) is 0 Å². The molecule has 1 fully saturated rings. The number of carboxylic acids is 1. The minimum atomic E-state index is -0.927. The number of allylic oxidation sites excluding steroid dienone is 2. The van der Waals surface area contributed by atoms with E-state index in [2.05, 4.69) is 13.0 Å². The number of carboxylic acid groups (broad SMARTS) is 1. The molecule has 5 nitrogen and oxygen atoms in total. The summed E-state index contributed by atoms with van der Waals surface area (Å²) in [7, 11) is 0. The normalized spacial score (nSPS) is 34.8. The summed E-state index contributed by atoms with van der Waals surface area (Å²) in [6.07, 6.45) is 4.67. The molecule has 94 valence electrons. The molecule has 0 aromatic heterocycles. The Morgan fingerprint density at radius 2 is 2.41 bits per heavy atom. The summed E-state index contributed by atoms with van der Waals surface area (Å²) >= 11 is 0. The first-order valence-corrected chi connectivity index (χ1v) is 6.00. The molecule has 2 aliphatic carbocycles. The van der Waals surface area contributed by atoms with Crippen LogP contribution in [-0.4, -0.2) is 22.5 Å². The minimum absolute atomic E-state index is 0.0807. The zero-order valence-electron chi connectivity index (χ0n) is 9.89. The summed E-state index contributed by atoms with van der Waals surface area (Å²) < 4.78 is 0. The molecule has 0 aliphatic heterocycles. The highest BCUT2D eigenvalue weighted by molar-refractivity contribution is 5.68. The third-order valence-corrected chi connectivity index (χ3v) is 4.22. The van der Waals surface area contributed by atoms with Gasteiger partial charge in [0.1, 0.15) is 0 Å². The fourth-order valence-corrected chi connectivity index (χ4v) is 3.53. The van der Waals surface area contributed by atoms with Gasteiger partial charge in [0.15, 0.2) is 0 Å². The van der Waals surface area contributed by atoms with Gasteiger partial charge in [-0.1, -0.05) is 18.6 Å². The molecule has 0 aromatic rings. The van der Waals surface area contributed by atoms with Crippen molar-refractivity contribution in [2.45, 2.75) is 32.6 Å². The lowest BCUT2D eigenvalue weighted by Crippen LogP contribution is -2.50. The molecule has 0 heterocycles. The molecule has 0 unspecified atom stereocenters. The van der Waals surface area contributed by atoms with Gasteiger partial charge < -0.3 is 5.11 Å². The van der Waals surface area contributed by atoms with E-state index in [1.807, 2.05) is 0 Å². The van der Waals surface area contributed by atoms with Crippen LogP contribution >= 0.6 is 0 Å². The van der Waals surface area contributed by atoms with Gasteiger partial charge >= 0.3 is 5.97 Å². The molecule has 0 saturated heterocycles. The van der Waals surface area contributed by atoms with Crippen LogP contribution in [0.25, 0.3) is 0 Å². The van der Waals surface area contributed by atoms with Crippen molar-refractivity contribution >= 4 is 5.97 Å². The summed E-state index contributed by atoms with van der Waals surface area (Å²) in [5.41, 5.74) is 0.701. The van der Waals surface area contributed by atoms with Crippen LogP contribution in [0.1, 0.15) is 32.6 Å². The number of hydrogen-bond acceptors (Lipinski definition) is 3. The Bertz CT molecular complexity index is 372. The predicted molar refractivity (Wildman–Crippen MR) is 61.1 cm³/mol. The number of nitro groups is 1. The number of carbonyl (C=O) groups is 1. The van der Waals surface area contributed by atoms with Crippen molar-refractivity contribution in [1.29, 1.82) is 0 Å². The van der Waals surface area contributed by atoms with Crippen molar-refractivity contribution < 1.29 is 14.8 Å². The van der Waals surface area contributed by atoms with Crippen molar-refractivity contribution in [2.75, 3.05) is 6.54 Å². The summed E-state index contributed by atoms with van der Waals surface area (Å²) in [6, 6.07) is 0. The Labute approximate surface area is 99.7 Å². The second-order valence-corrected chi connectivity index (χ2v) is 5.30. The molecule has 0 radical (unpaired) electrons. The van der Waals surface area contributed by atoms with Crippen molar-refractivity contribution in [3.63, 3.8) is 0 Å². The quantitative estimate of drug-likeness (QED) is 0.452. The molecule has 1 N–H and O–H groups in total. The lowest BCUT2D eigenvalue weighted by Gasteiger charge is -2.48. The van der Waals surface area contributed by atoms with Crippen molar-refractivity contribution in [3.8, 4) is 0 Å². The molecule has 17 heavy (non-hydrogen) atoms. The maximum absolute atomic E-state index is 10.9. The Hall–Kier alpha value is -1.39. The summed E-state index contributed by atoms with van der Waals surface area (Å²) in [4.78, 5) is 21.2. The molecule has 2 aliphatic rings. The van der Waals surface area contributed by atoms with Crippen LogP contribution in [0, 0.1) is 27.4 Å². The fourth-order valence-electron chi connectivity index (χ4n) is 3.53. The van der Waals surface area contributed by atoms with Crippen LogP contribution < -0.4 is 0 Å². The highest BCUT2D eigenvalue weighted by Crippen LogP contribution is 2.60. The van der Waals surface area contributed by atoms with E-state index in [0.717, 1.165) is 12.8 Å². The molecular formula is C12H17NO4. The van der Waals surface area contributed by atoms with Crippen molar-refractivity contribution in [2.24, 2.45) is 17.3 Å². The van der Waals surface area contributed by atoms with Crippen LogP contribution in [0.4, 0.5) is 0 Å². The first-order chi connectivity index (χ1) is 7.97. The van der Waals surface area contributed by atoms with E-state index >= 15 is 0 Å². The SMILES string of the molecule is CCC1=C[C@@H]2[C@H](C1)C[C@@]2(CC(=O)O)C[N+](=O)[O-]. The van der Waals surface area contributed by atoms with Gasteiger partial charge in [0.05, 0.1) is 11.8 Å². The van der Waals surface area contributed by atoms with Crippen molar-refractivity contribution in [1.82, 2.24) is 0 Å². The van der Waals surface area contributed by atoms with Gasteiger partial charge in [-0.05, 0) is 31.1 Å². The van der Waals surface area contributed by atoms with Crippen LogP contribution in [0.2, 0.25) is 0 Å². The van der Waals surface area contributed by atoms with Gasteiger partial charge in [-0.3, -0.25) is 14.9 Å². The molecule has 2 rings (SSSR count). The Balaban J connectivity index is 2.17. The number of fused-ring (bicyclic) bond motifs is 1. The van der Waals surface area contributed by atoms with Gasteiger partial charge in [0.25, 0.3) is 0 Å². The van der Waals surface area contributed by atoms with E-state index in [9.17, 15) is 14.9 Å². The van der Waals surface area contributed by atoms with E-state index in [1.165, 1.54) is 5.57 Å². The third kappa shape index (κ3) is 2.06. The molecule has 0 amide bonds. The fraction of sp³-hybridized carbons (Fsp3) is 0.750. The predicted octanol–water partition coefficient (Wildman–Crippen LogP) is 2.10. The van der Waals surface area contributed by atoms with E-state index in [0.29, 0.717) is 12.3 Å². The lowest BCUT2D eigenvalue weighted by atomic mass is 9.53. The van der Waals surface area contributed by atoms with Crippen LogP contribution in [0.5, 0.6) is 0 Å². The molecule has 1 saturated carbocycles. The lowest BCUT2D eigenvalue weighted by molar-refractivity contribution is -0.505. The number of aliphatic carboxylic acids is 1. The third-order valence-electron chi connectivity index (χ3n) is 4.22. The largest absolute Gasteiger partial charge is 0.481 e. The van der Waals surface area contributed by atoms with Crippen LogP contribution in [-0.2, 0) is 4.79 Å². The number of hydrogen-bond donors (Lipinski definition) is 1. The van der Waals surface area contributed by atoms with Gasteiger partial charge in [0, 0.05) is 4.92 Å². The number of nitrogens with zero attached hydrogens (tertiary/aromatic N) is 1. The first kappa shape index (κ1) is 12.1.